The van der Waals surface area contributed by atoms with E-state index in [9.17, 15) is 9.59 Å². The Morgan fingerprint density at radius 3 is 2.57 bits per heavy atom. The summed E-state index contributed by atoms with van der Waals surface area (Å²) in [7, 11) is 0. The van der Waals surface area contributed by atoms with E-state index < -0.39 is 12.0 Å². The molecule has 1 aliphatic heterocycles. The van der Waals surface area contributed by atoms with Crippen LogP contribution in [0.3, 0.4) is 0 Å². The highest BCUT2D eigenvalue weighted by Gasteiger charge is 2.33. The zero-order chi connectivity index (χ0) is 21.3. The van der Waals surface area contributed by atoms with Gasteiger partial charge in [-0.25, -0.2) is 9.79 Å². The molecule has 2 aromatic carbocycles. The summed E-state index contributed by atoms with van der Waals surface area (Å²) in [6, 6.07) is 16.1. The number of nitrogens with zero attached hydrogens (tertiary/aromatic N) is 2. The second kappa shape index (κ2) is 8.42. The lowest BCUT2D eigenvalue weighted by molar-refractivity contribution is -0.139. The van der Waals surface area contributed by atoms with Gasteiger partial charge in [0.05, 0.1) is 28.5 Å². The minimum Gasteiger partial charge on any atom is -0.463 e. The van der Waals surface area contributed by atoms with Crippen molar-refractivity contribution in [2.45, 2.75) is 19.9 Å². The number of allylic oxidation sites excluding steroid dienone is 1. The molecule has 0 fully saturated rings. The fourth-order valence-corrected chi connectivity index (χ4v) is 4.63. The van der Waals surface area contributed by atoms with Crippen molar-refractivity contribution < 1.29 is 9.53 Å². The van der Waals surface area contributed by atoms with Crippen LogP contribution in [-0.2, 0) is 9.53 Å². The molecule has 0 unspecified atom stereocenters. The molecular formula is C23H19ClN2O3S. The van der Waals surface area contributed by atoms with Gasteiger partial charge in [-0.05, 0) is 43.2 Å². The molecule has 0 spiro atoms. The molecule has 2 heterocycles. The van der Waals surface area contributed by atoms with Gasteiger partial charge in [-0.1, -0.05) is 65.4 Å². The maximum absolute atomic E-state index is 13.4. The number of carbonyl (C=O) groups is 1. The predicted molar refractivity (Wildman–Crippen MR) is 118 cm³/mol. The van der Waals surface area contributed by atoms with Gasteiger partial charge in [0, 0.05) is 5.02 Å². The third-order valence-corrected chi connectivity index (χ3v) is 6.04. The Morgan fingerprint density at radius 2 is 1.90 bits per heavy atom. The first-order chi connectivity index (χ1) is 14.5. The molecule has 152 valence electrons. The SMILES string of the molecule is CCOC(=O)C1=C(C)N=c2s/c(=C\c3ccccc3)c(=O)n2[C@H]1c1ccc(Cl)cc1. The van der Waals surface area contributed by atoms with E-state index in [0.717, 1.165) is 11.1 Å². The summed E-state index contributed by atoms with van der Waals surface area (Å²) in [5.74, 6) is -0.476. The van der Waals surface area contributed by atoms with Crippen molar-refractivity contribution >= 4 is 35.0 Å². The number of aromatic nitrogens is 1. The number of ether oxygens (including phenoxy) is 1. The van der Waals surface area contributed by atoms with Crippen LogP contribution >= 0.6 is 22.9 Å². The molecule has 0 saturated carbocycles. The highest BCUT2D eigenvalue weighted by atomic mass is 35.5. The maximum Gasteiger partial charge on any atom is 0.338 e. The summed E-state index contributed by atoms with van der Waals surface area (Å²) in [6.45, 7) is 3.75. The van der Waals surface area contributed by atoms with E-state index in [1.807, 2.05) is 48.5 Å². The fraction of sp³-hybridized carbons (Fsp3) is 0.174. The van der Waals surface area contributed by atoms with Crippen molar-refractivity contribution in [1.29, 1.82) is 0 Å². The van der Waals surface area contributed by atoms with E-state index in [1.165, 1.54) is 11.3 Å². The van der Waals surface area contributed by atoms with Gasteiger partial charge in [0.25, 0.3) is 5.56 Å². The Balaban J connectivity index is 1.96. The summed E-state index contributed by atoms with van der Waals surface area (Å²) < 4.78 is 7.41. The first-order valence-electron chi connectivity index (χ1n) is 9.49. The van der Waals surface area contributed by atoms with Crippen LogP contribution in [0.15, 0.2) is 75.7 Å². The zero-order valence-electron chi connectivity index (χ0n) is 16.5. The molecule has 0 aliphatic carbocycles. The minimum atomic E-state index is -0.629. The quantitative estimate of drug-likeness (QED) is 0.586. The lowest BCUT2D eigenvalue weighted by atomic mass is 9.96. The number of fused-ring (bicyclic) bond motifs is 1. The molecule has 5 nitrogen and oxygen atoms in total. The van der Waals surface area contributed by atoms with E-state index in [1.54, 1.807) is 30.5 Å². The third-order valence-electron chi connectivity index (χ3n) is 4.80. The molecule has 1 aromatic heterocycles. The Bertz CT molecular complexity index is 1310. The van der Waals surface area contributed by atoms with Gasteiger partial charge in [-0.3, -0.25) is 9.36 Å². The number of hydrogen-bond acceptors (Lipinski definition) is 5. The van der Waals surface area contributed by atoms with Crippen LogP contribution < -0.4 is 14.9 Å². The van der Waals surface area contributed by atoms with Crippen LogP contribution in [0, 0.1) is 0 Å². The molecule has 0 N–H and O–H groups in total. The van der Waals surface area contributed by atoms with E-state index >= 15 is 0 Å². The topological polar surface area (TPSA) is 60.7 Å². The van der Waals surface area contributed by atoms with E-state index in [2.05, 4.69) is 4.99 Å². The van der Waals surface area contributed by atoms with Crippen LogP contribution in [0.25, 0.3) is 6.08 Å². The third kappa shape index (κ3) is 3.76. The Morgan fingerprint density at radius 1 is 1.20 bits per heavy atom. The second-order valence-corrected chi connectivity index (χ2v) is 8.21. The summed E-state index contributed by atoms with van der Waals surface area (Å²) in [5, 5.41) is 0.577. The normalized spacial score (nSPS) is 16.2. The van der Waals surface area contributed by atoms with E-state index in [4.69, 9.17) is 16.3 Å². The largest absolute Gasteiger partial charge is 0.463 e. The number of hydrogen-bond donors (Lipinski definition) is 0. The van der Waals surface area contributed by atoms with Crippen molar-refractivity contribution in [3.63, 3.8) is 0 Å². The summed E-state index contributed by atoms with van der Waals surface area (Å²) >= 11 is 7.37. The number of esters is 1. The molecule has 30 heavy (non-hydrogen) atoms. The number of carbonyl (C=O) groups excluding carboxylic acids is 1. The zero-order valence-corrected chi connectivity index (χ0v) is 18.0. The molecule has 3 aromatic rings. The summed E-state index contributed by atoms with van der Waals surface area (Å²) in [6.07, 6.45) is 1.84. The Labute approximate surface area is 182 Å². The summed E-state index contributed by atoms with van der Waals surface area (Å²) in [5.41, 5.74) is 2.40. The van der Waals surface area contributed by atoms with E-state index in [-0.39, 0.29) is 12.2 Å². The van der Waals surface area contributed by atoms with Crippen LogP contribution in [0.2, 0.25) is 5.02 Å². The van der Waals surface area contributed by atoms with Gasteiger partial charge in [0.2, 0.25) is 0 Å². The first kappa shape index (κ1) is 20.3. The van der Waals surface area contributed by atoms with Crippen LogP contribution in [0.1, 0.15) is 31.0 Å². The number of rotatable bonds is 4. The van der Waals surface area contributed by atoms with Crippen molar-refractivity contribution in [2.24, 2.45) is 4.99 Å². The van der Waals surface area contributed by atoms with Crippen LogP contribution in [-0.4, -0.2) is 17.1 Å². The van der Waals surface area contributed by atoms with Gasteiger partial charge >= 0.3 is 5.97 Å². The van der Waals surface area contributed by atoms with Gasteiger partial charge in [-0.2, -0.15) is 0 Å². The van der Waals surface area contributed by atoms with Gasteiger partial charge in [0.15, 0.2) is 4.80 Å². The Hall–Kier alpha value is -2.96. The minimum absolute atomic E-state index is 0.197. The van der Waals surface area contributed by atoms with Crippen LogP contribution in [0.5, 0.6) is 0 Å². The maximum atomic E-state index is 13.4. The van der Waals surface area contributed by atoms with Crippen molar-refractivity contribution in [1.82, 2.24) is 4.57 Å². The lowest BCUT2D eigenvalue weighted by Gasteiger charge is -2.24. The van der Waals surface area contributed by atoms with Crippen molar-refractivity contribution in [3.05, 3.63) is 102 Å². The average Bonchev–Trinajstić information content (AvgIpc) is 3.03. The monoisotopic (exact) mass is 438 g/mol. The molecule has 0 radical (unpaired) electrons. The molecule has 7 heteroatoms. The van der Waals surface area contributed by atoms with Crippen molar-refractivity contribution in [3.8, 4) is 0 Å². The molecule has 0 bridgehead atoms. The number of halogens is 1. The lowest BCUT2D eigenvalue weighted by Crippen LogP contribution is -2.39. The molecule has 1 aliphatic rings. The van der Waals surface area contributed by atoms with Crippen LogP contribution in [0.4, 0.5) is 0 Å². The standard InChI is InChI=1S/C23H19ClN2O3S/c1-3-29-22(28)19-14(2)25-23-26(20(19)16-9-11-17(24)12-10-16)21(27)18(30-23)13-15-7-5-4-6-8-15/h4-13,20H,3H2,1-2H3/b18-13-/t20-/m0/s1. The van der Waals surface area contributed by atoms with Gasteiger partial charge in [0.1, 0.15) is 0 Å². The van der Waals surface area contributed by atoms with Crippen molar-refractivity contribution in [2.75, 3.05) is 6.61 Å². The van der Waals surface area contributed by atoms with Gasteiger partial charge in [-0.15, -0.1) is 0 Å². The number of thiazole rings is 1. The molecule has 0 amide bonds. The molecule has 4 rings (SSSR count). The first-order valence-corrected chi connectivity index (χ1v) is 10.7. The second-order valence-electron chi connectivity index (χ2n) is 6.76. The predicted octanol–water partition coefficient (Wildman–Crippen LogP) is 3.45. The Kier molecular flexibility index (Phi) is 5.70. The fourth-order valence-electron chi connectivity index (χ4n) is 3.45. The average molecular weight is 439 g/mol. The molecular weight excluding hydrogens is 420 g/mol. The highest BCUT2D eigenvalue weighted by Crippen LogP contribution is 2.31. The highest BCUT2D eigenvalue weighted by molar-refractivity contribution is 7.07. The van der Waals surface area contributed by atoms with Gasteiger partial charge < -0.3 is 4.74 Å². The molecule has 0 saturated heterocycles. The van der Waals surface area contributed by atoms with E-state index in [0.29, 0.717) is 25.6 Å². The molecule has 1 atom stereocenters. The number of benzene rings is 2. The summed E-state index contributed by atoms with van der Waals surface area (Å²) in [4.78, 5) is 31.3. The smallest absolute Gasteiger partial charge is 0.338 e.